The third kappa shape index (κ3) is 3.54. The Morgan fingerprint density at radius 3 is 2.32 bits per heavy atom. The maximum Gasteiger partial charge on any atom is 0.269 e. The Hall–Kier alpha value is -3.67. The third-order valence-corrected chi connectivity index (χ3v) is 6.28. The Morgan fingerprint density at radius 2 is 1.68 bits per heavy atom. The second kappa shape index (κ2) is 7.54. The van der Waals surface area contributed by atoms with Crippen LogP contribution < -0.4 is 9.84 Å². The van der Waals surface area contributed by atoms with E-state index in [-0.39, 0.29) is 16.9 Å². The first-order chi connectivity index (χ1) is 14.7. The standard InChI is InChI=1S/C25H24N2O4/c1-16-25(2,3)22-14-18(17-5-9-21(31-4)10-6-17)7-11-23(22)26(16)15-19-13-20(27(29)30)8-12-24(19)28/h5-14H,15H2,1-4H3. The fraction of sp³-hybridized carbons (Fsp3) is 0.240. The van der Waals surface area contributed by atoms with Crippen LogP contribution in [-0.2, 0) is 12.0 Å². The maximum absolute atomic E-state index is 12.4. The molecule has 0 aliphatic carbocycles. The number of hydrogen-bond donors (Lipinski definition) is 0. The maximum atomic E-state index is 12.4. The summed E-state index contributed by atoms with van der Waals surface area (Å²) in [6.07, 6.45) is 0. The minimum absolute atomic E-state index is 0.0687. The lowest BCUT2D eigenvalue weighted by Crippen LogP contribution is -2.26. The molecule has 4 rings (SSSR count). The third-order valence-electron chi connectivity index (χ3n) is 6.28. The van der Waals surface area contributed by atoms with E-state index in [0.717, 1.165) is 33.8 Å². The van der Waals surface area contributed by atoms with Gasteiger partial charge in [0.1, 0.15) is 5.75 Å². The molecule has 0 atom stereocenters. The molecule has 3 aromatic rings. The minimum atomic E-state index is -0.470. The first-order valence-corrected chi connectivity index (χ1v) is 10.1. The number of non-ortho nitro benzene ring substituents is 1. The molecule has 1 aliphatic rings. The van der Waals surface area contributed by atoms with Gasteiger partial charge in [-0.15, -0.1) is 0 Å². The van der Waals surface area contributed by atoms with Crippen LogP contribution in [0.4, 0.5) is 11.4 Å². The fourth-order valence-electron chi connectivity index (χ4n) is 4.13. The molecule has 158 valence electrons. The predicted octanol–water partition coefficient (Wildman–Crippen LogP) is 4.94. The average Bonchev–Trinajstić information content (AvgIpc) is 2.95. The fourth-order valence-corrected chi connectivity index (χ4v) is 4.13. The van der Waals surface area contributed by atoms with Gasteiger partial charge < -0.3 is 9.84 Å². The highest BCUT2D eigenvalue weighted by molar-refractivity contribution is 5.94. The molecule has 1 heterocycles. The van der Waals surface area contributed by atoms with E-state index in [1.165, 1.54) is 18.2 Å². The summed E-state index contributed by atoms with van der Waals surface area (Å²) < 4.78 is 7.34. The van der Waals surface area contributed by atoms with E-state index in [4.69, 9.17) is 4.74 Å². The van der Waals surface area contributed by atoms with Crippen molar-refractivity contribution in [1.82, 2.24) is 0 Å². The minimum Gasteiger partial charge on any atom is -0.872 e. The number of nitrogens with zero attached hydrogens (tertiary/aromatic N) is 2. The topological polar surface area (TPSA) is 78.4 Å². The van der Waals surface area contributed by atoms with Crippen LogP contribution in [0.1, 0.15) is 31.9 Å². The molecular weight excluding hydrogens is 392 g/mol. The molecule has 3 aromatic carbocycles. The molecule has 0 spiro atoms. The molecule has 0 fully saturated rings. The largest absolute Gasteiger partial charge is 0.872 e. The Bertz CT molecular complexity index is 1210. The molecule has 0 saturated heterocycles. The number of rotatable bonds is 5. The molecule has 0 amide bonds. The molecule has 0 aromatic heterocycles. The van der Waals surface area contributed by atoms with Crippen molar-refractivity contribution < 1.29 is 19.3 Å². The van der Waals surface area contributed by atoms with Gasteiger partial charge in [-0.3, -0.25) is 10.1 Å². The van der Waals surface area contributed by atoms with E-state index in [1.54, 1.807) is 7.11 Å². The van der Waals surface area contributed by atoms with Crippen molar-refractivity contribution in [1.29, 1.82) is 0 Å². The summed E-state index contributed by atoms with van der Waals surface area (Å²) in [4.78, 5) is 10.7. The number of methoxy groups -OCH3 is 1. The Labute approximate surface area is 181 Å². The van der Waals surface area contributed by atoms with Gasteiger partial charge in [0.2, 0.25) is 5.69 Å². The van der Waals surface area contributed by atoms with Crippen molar-refractivity contribution in [3.05, 3.63) is 81.9 Å². The van der Waals surface area contributed by atoms with Crippen LogP contribution in [0.2, 0.25) is 0 Å². The van der Waals surface area contributed by atoms with E-state index in [2.05, 4.69) is 43.5 Å². The molecule has 0 bridgehead atoms. The molecule has 0 saturated carbocycles. The highest BCUT2D eigenvalue weighted by Gasteiger charge is 2.43. The van der Waals surface area contributed by atoms with Crippen LogP contribution in [0.5, 0.6) is 11.5 Å². The molecular formula is C25H24N2O4. The van der Waals surface area contributed by atoms with Crippen molar-refractivity contribution in [2.45, 2.75) is 32.7 Å². The van der Waals surface area contributed by atoms with Crippen LogP contribution in [0, 0.1) is 10.1 Å². The van der Waals surface area contributed by atoms with Gasteiger partial charge in [-0.2, -0.15) is 4.58 Å². The van der Waals surface area contributed by atoms with Gasteiger partial charge >= 0.3 is 0 Å². The summed E-state index contributed by atoms with van der Waals surface area (Å²) in [6.45, 7) is 6.66. The van der Waals surface area contributed by atoms with Gasteiger partial charge in [0.25, 0.3) is 5.69 Å². The lowest BCUT2D eigenvalue weighted by molar-refractivity contribution is -0.458. The zero-order valence-corrected chi connectivity index (χ0v) is 18.0. The number of hydrogen-bond acceptors (Lipinski definition) is 4. The van der Waals surface area contributed by atoms with Crippen LogP contribution in [-0.4, -0.2) is 22.3 Å². The van der Waals surface area contributed by atoms with Crippen LogP contribution in [0.3, 0.4) is 0 Å². The summed E-state index contributed by atoms with van der Waals surface area (Å²) in [6, 6.07) is 18.2. The van der Waals surface area contributed by atoms with Crippen molar-refractivity contribution in [3.63, 3.8) is 0 Å². The zero-order valence-electron chi connectivity index (χ0n) is 18.0. The van der Waals surface area contributed by atoms with Crippen LogP contribution in [0.25, 0.3) is 11.1 Å². The van der Waals surface area contributed by atoms with Gasteiger partial charge in [-0.25, -0.2) is 0 Å². The lowest BCUT2D eigenvalue weighted by atomic mass is 9.81. The normalized spacial score (nSPS) is 14.5. The van der Waals surface area contributed by atoms with Crippen molar-refractivity contribution in [3.8, 4) is 22.6 Å². The van der Waals surface area contributed by atoms with Crippen molar-refractivity contribution in [2.75, 3.05) is 7.11 Å². The van der Waals surface area contributed by atoms with E-state index in [1.807, 2.05) is 24.3 Å². The quantitative estimate of drug-likeness (QED) is 0.335. The van der Waals surface area contributed by atoms with Crippen molar-refractivity contribution in [2.24, 2.45) is 0 Å². The smallest absolute Gasteiger partial charge is 0.269 e. The second-order valence-corrected chi connectivity index (χ2v) is 8.31. The lowest BCUT2D eigenvalue weighted by Gasteiger charge is -2.16. The molecule has 0 radical (unpaired) electrons. The number of ether oxygens (including phenoxy) is 1. The summed E-state index contributed by atoms with van der Waals surface area (Å²) >= 11 is 0. The zero-order chi connectivity index (χ0) is 22.3. The number of nitro benzene ring substituents is 1. The average molecular weight is 416 g/mol. The number of benzene rings is 3. The summed E-state index contributed by atoms with van der Waals surface area (Å²) in [7, 11) is 1.65. The van der Waals surface area contributed by atoms with Gasteiger partial charge in [0.15, 0.2) is 12.3 Å². The summed E-state index contributed by atoms with van der Waals surface area (Å²) in [5, 5.41) is 23.5. The number of fused-ring (bicyclic) bond motifs is 1. The van der Waals surface area contributed by atoms with E-state index < -0.39 is 4.92 Å². The van der Waals surface area contributed by atoms with Crippen molar-refractivity contribution >= 4 is 17.1 Å². The highest BCUT2D eigenvalue weighted by atomic mass is 16.6. The summed E-state index contributed by atoms with van der Waals surface area (Å²) in [5.41, 5.74) is 5.58. The molecule has 1 aliphatic heterocycles. The predicted molar refractivity (Wildman–Crippen MR) is 118 cm³/mol. The monoisotopic (exact) mass is 416 g/mol. The van der Waals surface area contributed by atoms with Gasteiger partial charge in [-0.1, -0.05) is 23.9 Å². The molecule has 31 heavy (non-hydrogen) atoms. The van der Waals surface area contributed by atoms with E-state index in [0.29, 0.717) is 12.1 Å². The number of nitro groups is 1. The molecule has 6 nitrogen and oxygen atoms in total. The SMILES string of the molecule is COc1ccc(-c2ccc3c(c2)C(C)(C)C(C)=[N+]3Cc2cc([N+](=O)[O-])ccc2[O-])cc1. The van der Waals surface area contributed by atoms with Gasteiger partial charge in [-0.05, 0) is 49.2 Å². The Balaban J connectivity index is 1.75. The van der Waals surface area contributed by atoms with E-state index in [9.17, 15) is 15.2 Å². The molecule has 0 N–H and O–H groups in total. The highest BCUT2D eigenvalue weighted by Crippen LogP contribution is 2.42. The first kappa shape index (κ1) is 20.6. The second-order valence-electron chi connectivity index (χ2n) is 8.31. The van der Waals surface area contributed by atoms with Crippen LogP contribution >= 0.6 is 0 Å². The van der Waals surface area contributed by atoms with Crippen LogP contribution in [0.15, 0.2) is 60.7 Å². The molecule has 0 unspecified atom stereocenters. The molecule has 6 heteroatoms. The Morgan fingerprint density at radius 1 is 1.00 bits per heavy atom. The van der Waals surface area contributed by atoms with E-state index >= 15 is 0 Å². The summed E-state index contributed by atoms with van der Waals surface area (Å²) in [5.74, 6) is 0.616. The first-order valence-electron chi connectivity index (χ1n) is 10.1. The van der Waals surface area contributed by atoms with Gasteiger partial charge in [0.05, 0.1) is 17.4 Å². The van der Waals surface area contributed by atoms with Gasteiger partial charge in [0, 0.05) is 36.2 Å². The Kier molecular flexibility index (Phi) is 5.01.